The third-order valence-corrected chi connectivity index (χ3v) is 7.92. The number of fused-ring (bicyclic) bond motifs is 1. The van der Waals surface area contributed by atoms with Gasteiger partial charge >= 0.3 is 5.97 Å². The number of amides is 1. The highest BCUT2D eigenvalue weighted by Crippen LogP contribution is 2.38. The molecule has 2 aliphatic rings. The fourth-order valence-electron chi connectivity index (χ4n) is 5.44. The molecule has 0 aliphatic carbocycles. The molecular weight excluding hydrogens is 468 g/mol. The van der Waals surface area contributed by atoms with Crippen molar-refractivity contribution in [3.05, 3.63) is 69.9 Å². The summed E-state index contributed by atoms with van der Waals surface area (Å²) < 4.78 is 13.0. The second-order valence-electron chi connectivity index (χ2n) is 9.68. The van der Waals surface area contributed by atoms with Gasteiger partial charge in [0.05, 0.1) is 28.1 Å². The van der Waals surface area contributed by atoms with E-state index in [1.807, 2.05) is 61.0 Å². The Hall–Kier alpha value is -2.87. The molecule has 5 rings (SSSR count). The molecular formula is C27H29ClN2O5. The number of aliphatic carboxylic acids is 1. The summed E-state index contributed by atoms with van der Waals surface area (Å²) in [4.78, 5) is 25.7. The van der Waals surface area contributed by atoms with Gasteiger partial charge in [-0.2, -0.15) is 0 Å². The molecule has 1 amide bonds. The van der Waals surface area contributed by atoms with Gasteiger partial charge in [0.25, 0.3) is 5.91 Å². The van der Waals surface area contributed by atoms with E-state index in [2.05, 4.69) is 5.32 Å². The van der Waals surface area contributed by atoms with E-state index in [9.17, 15) is 14.7 Å². The lowest BCUT2D eigenvalue weighted by Gasteiger charge is -2.34. The number of aryl methyl sites for hydroxylation is 2. The molecule has 3 heterocycles. The van der Waals surface area contributed by atoms with Crippen molar-refractivity contribution >= 4 is 34.4 Å². The Morgan fingerprint density at radius 2 is 1.66 bits per heavy atom. The molecule has 2 aromatic carbocycles. The first kappa shape index (κ1) is 23.9. The Bertz CT molecular complexity index is 1290. The number of halogens is 1. The minimum atomic E-state index is -0.945. The Balaban J connectivity index is 1.46. The van der Waals surface area contributed by atoms with Gasteiger partial charge in [-0.15, -0.1) is 0 Å². The van der Waals surface area contributed by atoms with Crippen LogP contribution in [0, 0.1) is 6.92 Å². The van der Waals surface area contributed by atoms with Crippen molar-refractivity contribution in [1.29, 1.82) is 0 Å². The molecule has 3 aromatic rings. The fraction of sp³-hybridized carbons (Fsp3) is 0.407. The second-order valence-corrected chi connectivity index (χ2v) is 10.1. The van der Waals surface area contributed by atoms with Crippen LogP contribution in [0.4, 0.5) is 0 Å². The summed E-state index contributed by atoms with van der Waals surface area (Å²) in [7, 11) is 1.86. The molecule has 8 heteroatoms. The van der Waals surface area contributed by atoms with Crippen LogP contribution in [-0.4, -0.2) is 48.0 Å². The number of nitrogens with one attached hydrogen (secondary N) is 1. The molecule has 2 aliphatic heterocycles. The van der Waals surface area contributed by atoms with E-state index in [1.165, 1.54) is 0 Å². The highest BCUT2D eigenvalue weighted by atomic mass is 35.5. The average molecular weight is 497 g/mol. The van der Waals surface area contributed by atoms with E-state index in [-0.39, 0.29) is 5.91 Å². The SMILES string of the molecule is Cc1cc(Cl)c2cc(C(=O)NC3(c4ccc(C5(C(=O)O)CCOCC5)cc4)CCOC3)n(C)c2c1. The van der Waals surface area contributed by atoms with Crippen molar-refractivity contribution in [2.24, 2.45) is 7.05 Å². The molecule has 1 aromatic heterocycles. The maximum absolute atomic E-state index is 13.5. The minimum Gasteiger partial charge on any atom is -0.481 e. The second kappa shape index (κ2) is 8.97. The predicted octanol–water partition coefficient (Wildman–Crippen LogP) is 4.32. The molecule has 7 nitrogen and oxygen atoms in total. The highest BCUT2D eigenvalue weighted by molar-refractivity contribution is 6.35. The van der Waals surface area contributed by atoms with Crippen molar-refractivity contribution in [3.8, 4) is 0 Å². The van der Waals surface area contributed by atoms with Crippen molar-refractivity contribution in [3.63, 3.8) is 0 Å². The lowest BCUT2D eigenvalue weighted by atomic mass is 9.73. The number of aromatic nitrogens is 1. The number of rotatable bonds is 5. The van der Waals surface area contributed by atoms with Gasteiger partial charge in [-0.05, 0) is 54.7 Å². The van der Waals surface area contributed by atoms with Crippen molar-refractivity contribution in [1.82, 2.24) is 9.88 Å². The maximum atomic E-state index is 13.5. The Morgan fingerprint density at radius 3 is 2.29 bits per heavy atom. The van der Waals surface area contributed by atoms with Crippen LogP contribution in [0.25, 0.3) is 10.9 Å². The Labute approximate surface area is 209 Å². The normalized spacial score (nSPS) is 21.8. The van der Waals surface area contributed by atoms with Gasteiger partial charge in [0.15, 0.2) is 0 Å². The Kier molecular flexibility index (Phi) is 6.11. The van der Waals surface area contributed by atoms with Gasteiger partial charge in [-0.3, -0.25) is 9.59 Å². The first-order chi connectivity index (χ1) is 16.8. The number of ether oxygens (including phenoxy) is 2. The van der Waals surface area contributed by atoms with E-state index in [1.54, 1.807) is 0 Å². The summed E-state index contributed by atoms with van der Waals surface area (Å²) in [5, 5.41) is 14.7. The van der Waals surface area contributed by atoms with E-state index in [0.717, 1.165) is 27.6 Å². The molecule has 1 atom stereocenters. The van der Waals surface area contributed by atoms with Crippen LogP contribution in [0.2, 0.25) is 5.02 Å². The molecule has 1 unspecified atom stereocenters. The highest BCUT2D eigenvalue weighted by Gasteiger charge is 2.43. The topological polar surface area (TPSA) is 89.8 Å². The van der Waals surface area contributed by atoms with Crippen LogP contribution < -0.4 is 5.32 Å². The van der Waals surface area contributed by atoms with Gasteiger partial charge in [0.1, 0.15) is 5.69 Å². The first-order valence-electron chi connectivity index (χ1n) is 11.8. The number of carboxylic acid groups (broad SMARTS) is 1. The molecule has 0 bridgehead atoms. The van der Waals surface area contributed by atoms with Crippen LogP contribution in [0.15, 0.2) is 42.5 Å². The Morgan fingerprint density at radius 1 is 1.00 bits per heavy atom. The molecule has 0 saturated carbocycles. The average Bonchev–Trinajstić information content (AvgIpc) is 3.45. The third kappa shape index (κ3) is 4.01. The van der Waals surface area contributed by atoms with Gasteiger partial charge < -0.3 is 24.5 Å². The van der Waals surface area contributed by atoms with Crippen LogP contribution in [0.1, 0.15) is 46.4 Å². The van der Waals surface area contributed by atoms with E-state index >= 15 is 0 Å². The lowest BCUT2D eigenvalue weighted by molar-refractivity contribution is -0.147. The molecule has 2 fully saturated rings. The van der Waals surface area contributed by atoms with Crippen LogP contribution >= 0.6 is 11.6 Å². The van der Waals surface area contributed by atoms with Crippen molar-refractivity contribution < 1.29 is 24.2 Å². The zero-order valence-electron chi connectivity index (χ0n) is 19.9. The lowest BCUT2D eigenvalue weighted by Crippen LogP contribution is -2.47. The van der Waals surface area contributed by atoms with Gasteiger partial charge in [-0.1, -0.05) is 35.9 Å². The number of carbonyl (C=O) groups excluding carboxylic acids is 1. The number of benzene rings is 2. The molecule has 0 spiro atoms. The van der Waals surface area contributed by atoms with Crippen molar-refractivity contribution in [2.75, 3.05) is 26.4 Å². The van der Waals surface area contributed by atoms with Crippen LogP contribution in [-0.2, 0) is 32.3 Å². The first-order valence-corrected chi connectivity index (χ1v) is 12.2. The van der Waals surface area contributed by atoms with Gasteiger partial charge in [0.2, 0.25) is 0 Å². The van der Waals surface area contributed by atoms with E-state index in [4.69, 9.17) is 21.1 Å². The molecule has 35 heavy (non-hydrogen) atoms. The third-order valence-electron chi connectivity index (χ3n) is 7.61. The van der Waals surface area contributed by atoms with Crippen LogP contribution in [0.5, 0.6) is 0 Å². The zero-order valence-corrected chi connectivity index (χ0v) is 20.7. The van der Waals surface area contributed by atoms with Gasteiger partial charge in [0, 0.05) is 38.7 Å². The monoisotopic (exact) mass is 496 g/mol. The number of carbonyl (C=O) groups is 2. The molecule has 0 radical (unpaired) electrons. The fourth-order valence-corrected chi connectivity index (χ4v) is 5.76. The zero-order chi connectivity index (χ0) is 24.8. The molecule has 2 N–H and O–H groups in total. The van der Waals surface area contributed by atoms with Crippen molar-refractivity contribution in [2.45, 2.75) is 37.1 Å². The predicted molar refractivity (Wildman–Crippen MR) is 133 cm³/mol. The van der Waals surface area contributed by atoms with E-state index < -0.39 is 16.9 Å². The number of hydrogen-bond donors (Lipinski definition) is 2. The summed E-state index contributed by atoms with van der Waals surface area (Å²) >= 11 is 6.44. The standard InChI is InChI=1S/C27H29ClN2O5/c1-17-13-21(28)20-15-23(30(2)22(20)14-17)24(31)29-27(9-12-35-16-27)19-5-3-18(4-6-19)26(25(32)33)7-10-34-11-8-26/h3-6,13-15H,7-12,16H2,1-2H3,(H,29,31)(H,32,33). The largest absolute Gasteiger partial charge is 0.481 e. The quantitative estimate of drug-likeness (QED) is 0.549. The summed E-state index contributed by atoms with van der Waals surface area (Å²) in [6.45, 7) is 3.70. The van der Waals surface area contributed by atoms with Gasteiger partial charge in [-0.25, -0.2) is 0 Å². The summed E-state index contributed by atoms with van der Waals surface area (Å²) in [6, 6.07) is 13.3. The maximum Gasteiger partial charge on any atom is 0.314 e. The summed E-state index contributed by atoms with van der Waals surface area (Å²) in [5.41, 5.74) is 2.46. The minimum absolute atomic E-state index is 0.210. The summed E-state index contributed by atoms with van der Waals surface area (Å²) in [6.07, 6.45) is 1.51. The van der Waals surface area contributed by atoms with Crippen LogP contribution in [0.3, 0.4) is 0 Å². The number of nitrogens with zero attached hydrogens (tertiary/aromatic N) is 1. The number of hydrogen-bond acceptors (Lipinski definition) is 4. The molecule has 184 valence electrons. The van der Waals surface area contributed by atoms with E-state index in [0.29, 0.717) is 56.4 Å². The smallest absolute Gasteiger partial charge is 0.314 e. The number of carboxylic acids is 1. The molecule has 2 saturated heterocycles. The summed E-state index contributed by atoms with van der Waals surface area (Å²) in [5.74, 6) is -1.04.